The van der Waals surface area contributed by atoms with Gasteiger partial charge in [-0.15, -0.1) is 0 Å². The molecular weight excluding hydrogens is 395 g/mol. The SMILES string of the molecule is CCC(=O)N[C@H]1CC[C@@H](N(C)C(=O)Oc2ccc(-c3ccc(Cl)cc3F)cc2)C1. The Morgan fingerprint density at radius 2 is 1.93 bits per heavy atom. The van der Waals surface area contributed by atoms with Crippen molar-refractivity contribution in [3.63, 3.8) is 0 Å². The van der Waals surface area contributed by atoms with Crippen molar-refractivity contribution in [1.29, 1.82) is 0 Å². The van der Waals surface area contributed by atoms with Gasteiger partial charge in [0, 0.05) is 36.1 Å². The van der Waals surface area contributed by atoms with Crippen LogP contribution in [0.2, 0.25) is 5.02 Å². The van der Waals surface area contributed by atoms with Crippen molar-refractivity contribution < 1.29 is 18.7 Å². The highest BCUT2D eigenvalue weighted by Gasteiger charge is 2.31. The number of hydrogen-bond donors (Lipinski definition) is 1. The number of nitrogens with one attached hydrogen (secondary N) is 1. The fourth-order valence-corrected chi connectivity index (χ4v) is 3.68. The Kier molecular flexibility index (Phi) is 6.75. The molecule has 2 aromatic carbocycles. The van der Waals surface area contributed by atoms with E-state index < -0.39 is 11.9 Å². The molecule has 0 aromatic heterocycles. The van der Waals surface area contributed by atoms with Crippen LogP contribution in [-0.4, -0.2) is 36.0 Å². The second-order valence-corrected chi connectivity index (χ2v) is 7.65. The van der Waals surface area contributed by atoms with Gasteiger partial charge < -0.3 is 15.0 Å². The monoisotopic (exact) mass is 418 g/mol. The van der Waals surface area contributed by atoms with E-state index in [2.05, 4.69) is 5.32 Å². The first-order chi connectivity index (χ1) is 13.9. The molecule has 0 radical (unpaired) electrons. The van der Waals surface area contributed by atoms with E-state index >= 15 is 0 Å². The molecule has 29 heavy (non-hydrogen) atoms. The minimum atomic E-state index is -0.456. The smallest absolute Gasteiger partial charge is 0.410 e. The van der Waals surface area contributed by atoms with Crippen LogP contribution in [0.5, 0.6) is 5.75 Å². The number of carbonyl (C=O) groups is 2. The Balaban J connectivity index is 1.58. The van der Waals surface area contributed by atoms with Crippen molar-refractivity contribution in [2.75, 3.05) is 7.05 Å². The van der Waals surface area contributed by atoms with Crippen LogP contribution in [-0.2, 0) is 4.79 Å². The summed E-state index contributed by atoms with van der Waals surface area (Å²) in [4.78, 5) is 25.6. The van der Waals surface area contributed by atoms with Crippen LogP contribution in [0.25, 0.3) is 11.1 Å². The lowest BCUT2D eigenvalue weighted by Crippen LogP contribution is -2.39. The van der Waals surface area contributed by atoms with Crippen molar-refractivity contribution in [2.24, 2.45) is 0 Å². The summed E-state index contributed by atoms with van der Waals surface area (Å²) in [6.45, 7) is 1.82. The van der Waals surface area contributed by atoms with Gasteiger partial charge in [0.25, 0.3) is 0 Å². The molecule has 2 aromatic rings. The highest BCUT2D eigenvalue weighted by atomic mass is 35.5. The van der Waals surface area contributed by atoms with Gasteiger partial charge in [0.2, 0.25) is 5.91 Å². The lowest BCUT2D eigenvalue weighted by Gasteiger charge is -2.24. The maximum Gasteiger partial charge on any atom is 0.415 e. The summed E-state index contributed by atoms with van der Waals surface area (Å²) in [5, 5.41) is 3.31. The van der Waals surface area contributed by atoms with Crippen LogP contribution >= 0.6 is 11.6 Å². The minimum absolute atomic E-state index is 0.0205. The molecule has 154 valence electrons. The number of hydrogen-bond acceptors (Lipinski definition) is 3. The zero-order chi connectivity index (χ0) is 21.0. The number of rotatable bonds is 5. The summed E-state index contributed by atoms with van der Waals surface area (Å²) >= 11 is 5.79. The average molecular weight is 419 g/mol. The zero-order valence-corrected chi connectivity index (χ0v) is 17.2. The van der Waals surface area contributed by atoms with Gasteiger partial charge in [-0.2, -0.15) is 0 Å². The van der Waals surface area contributed by atoms with Gasteiger partial charge in [0.15, 0.2) is 0 Å². The summed E-state index contributed by atoms with van der Waals surface area (Å²) in [6.07, 6.45) is 2.37. The summed E-state index contributed by atoms with van der Waals surface area (Å²) < 4.78 is 19.5. The predicted molar refractivity (Wildman–Crippen MR) is 110 cm³/mol. The van der Waals surface area contributed by atoms with Gasteiger partial charge >= 0.3 is 6.09 Å². The van der Waals surface area contributed by atoms with E-state index in [9.17, 15) is 14.0 Å². The van der Waals surface area contributed by atoms with E-state index in [1.165, 1.54) is 6.07 Å². The standard InChI is InChI=1S/C22H24ClFN2O3/c1-3-21(27)25-16-7-8-17(13-16)26(2)22(28)29-18-9-4-14(5-10-18)19-11-6-15(23)12-20(19)24/h4-6,9-12,16-17H,3,7-8,13H2,1-2H3,(H,25,27)/t16-,17+/m0/s1. The van der Waals surface area contributed by atoms with Gasteiger partial charge in [-0.05, 0) is 55.2 Å². The molecule has 5 nitrogen and oxygen atoms in total. The molecule has 0 spiro atoms. The van der Waals surface area contributed by atoms with Gasteiger partial charge in [0.05, 0.1) is 0 Å². The second-order valence-electron chi connectivity index (χ2n) is 7.21. The maximum atomic E-state index is 14.1. The molecule has 0 bridgehead atoms. The Morgan fingerprint density at radius 3 is 2.59 bits per heavy atom. The lowest BCUT2D eigenvalue weighted by atomic mass is 10.1. The summed E-state index contributed by atoms with van der Waals surface area (Å²) in [5.41, 5.74) is 1.09. The van der Waals surface area contributed by atoms with Gasteiger partial charge in [0.1, 0.15) is 11.6 Å². The first-order valence-corrected chi connectivity index (χ1v) is 10.0. The third kappa shape index (κ3) is 5.26. The molecular formula is C22H24ClFN2O3. The van der Waals surface area contributed by atoms with E-state index in [0.29, 0.717) is 34.7 Å². The van der Waals surface area contributed by atoms with E-state index in [-0.39, 0.29) is 18.0 Å². The molecule has 0 saturated heterocycles. The van der Waals surface area contributed by atoms with Crippen LogP contribution in [0.4, 0.5) is 9.18 Å². The number of halogens is 2. The topological polar surface area (TPSA) is 58.6 Å². The minimum Gasteiger partial charge on any atom is -0.410 e. The van der Waals surface area contributed by atoms with Crippen molar-refractivity contribution in [3.05, 3.63) is 53.3 Å². The van der Waals surface area contributed by atoms with Crippen LogP contribution < -0.4 is 10.1 Å². The molecule has 2 amide bonds. The van der Waals surface area contributed by atoms with E-state index in [1.807, 2.05) is 6.92 Å². The molecule has 0 heterocycles. The number of amides is 2. The first kappa shape index (κ1) is 21.1. The zero-order valence-electron chi connectivity index (χ0n) is 16.5. The third-order valence-corrected chi connectivity index (χ3v) is 5.46. The van der Waals surface area contributed by atoms with Crippen molar-refractivity contribution >= 4 is 23.6 Å². The third-order valence-electron chi connectivity index (χ3n) is 5.23. The Bertz CT molecular complexity index is 888. The largest absolute Gasteiger partial charge is 0.415 e. The molecule has 0 unspecified atom stereocenters. The number of carbonyl (C=O) groups excluding carboxylic acids is 2. The van der Waals surface area contributed by atoms with Crippen molar-refractivity contribution in [3.8, 4) is 16.9 Å². The Labute approximate surface area is 174 Å². The molecule has 1 N–H and O–H groups in total. The van der Waals surface area contributed by atoms with Crippen LogP contribution in [0, 0.1) is 5.82 Å². The van der Waals surface area contributed by atoms with Crippen LogP contribution in [0.1, 0.15) is 32.6 Å². The molecule has 1 aliphatic carbocycles. The Morgan fingerprint density at radius 1 is 1.21 bits per heavy atom. The first-order valence-electron chi connectivity index (χ1n) is 9.67. The summed E-state index contributed by atoms with van der Waals surface area (Å²) in [5.74, 6) is -0.000160. The highest BCUT2D eigenvalue weighted by Crippen LogP contribution is 2.28. The van der Waals surface area contributed by atoms with Crippen LogP contribution in [0.3, 0.4) is 0 Å². The van der Waals surface area contributed by atoms with E-state index in [1.54, 1.807) is 48.3 Å². The fraction of sp³-hybridized carbons (Fsp3) is 0.364. The number of benzene rings is 2. The second kappa shape index (κ2) is 9.27. The van der Waals surface area contributed by atoms with E-state index in [0.717, 1.165) is 12.8 Å². The maximum absolute atomic E-state index is 14.1. The lowest BCUT2D eigenvalue weighted by molar-refractivity contribution is -0.121. The predicted octanol–water partition coefficient (Wildman–Crippen LogP) is 5.02. The van der Waals surface area contributed by atoms with E-state index in [4.69, 9.17) is 16.3 Å². The molecule has 1 aliphatic rings. The highest BCUT2D eigenvalue weighted by molar-refractivity contribution is 6.30. The van der Waals surface area contributed by atoms with Crippen molar-refractivity contribution in [1.82, 2.24) is 10.2 Å². The van der Waals surface area contributed by atoms with Crippen LogP contribution in [0.15, 0.2) is 42.5 Å². The molecule has 2 atom stereocenters. The molecule has 7 heteroatoms. The Hall–Kier alpha value is -2.60. The van der Waals surface area contributed by atoms with Gasteiger partial charge in [-0.3, -0.25) is 4.79 Å². The molecule has 1 fully saturated rings. The van der Waals surface area contributed by atoms with Gasteiger partial charge in [-0.1, -0.05) is 30.7 Å². The summed E-state index contributed by atoms with van der Waals surface area (Å²) in [6, 6.07) is 11.3. The molecule has 0 aliphatic heterocycles. The number of ether oxygens (including phenoxy) is 1. The van der Waals surface area contributed by atoms with Gasteiger partial charge in [-0.25, -0.2) is 9.18 Å². The van der Waals surface area contributed by atoms with Crippen molar-refractivity contribution in [2.45, 2.75) is 44.7 Å². The number of nitrogens with zero attached hydrogens (tertiary/aromatic N) is 1. The average Bonchev–Trinajstić information content (AvgIpc) is 3.16. The normalized spacial score (nSPS) is 18.3. The fourth-order valence-electron chi connectivity index (χ4n) is 3.52. The molecule has 1 saturated carbocycles. The molecule has 3 rings (SSSR count). The summed E-state index contributed by atoms with van der Waals surface area (Å²) in [7, 11) is 1.70. The quantitative estimate of drug-likeness (QED) is 0.741.